The monoisotopic (exact) mass is 525 g/mol. The van der Waals surface area contributed by atoms with Crippen LogP contribution in [0, 0.1) is 0 Å². The molecule has 1 aromatic heterocycles. The minimum atomic E-state index is -3.84. The average Bonchev–Trinajstić information content (AvgIpc) is 3.12. The first-order valence-corrected chi connectivity index (χ1v) is 14.6. The molecule has 34 heavy (non-hydrogen) atoms. The summed E-state index contributed by atoms with van der Waals surface area (Å²) in [5.74, 6) is -0.0348. The Bertz CT molecular complexity index is 1380. The van der Waals surface area contributed by atoms with Crippen LogP contribution < -0.4 is 15.6 Å². The van der Waals surface area contributed by atoms with E-state index in [9.17, 15) is 21.6 Å². The first-order valence-electron chi connectivity index (χ1n) is 10.5. The Morgan fingerprint density at radius 2 is 1.68 bits per heavy atom. The van der Waals surface area contributed by atoms with Crippen molar-refractivity contribution in [3.05, 3.63) is 48.0 Å². The minimum Gasteiger partial charge on any atom is -0.355 e. The van der Waals surface area contributed by atoms with Crippen LogP contribution in [0.2, 0.25) is 0 Å². The molecule has 1 amide bonds. The molecule has 0 atom stereocenters. The zero-order valence-electron chi connectivity index (χ0n) is 18.6. The first kappa shape index (κ1) is 26.2. The maximum absolute atomic E-state index is 12.4. The van der Waals surface area contributed by atoms with Gasteiger partial charge in [0.05, 0.1) is 26.6 Å². The zero-order chi connectivity index (χ0) is 24.9. The van der Waals surface area contributed by atoms with Gasteiger partial charge in [-0.15, -0.1) is 0 Å². The van der Waals surface area contributed by atoms with Gasteiger partial charge in [0.15, 0.2) is 5.16 Å². The molecule has 13 heteroatoms. The van der Waals surface area contributed by atoms with Crippen molar-refractivity contribution in [1.82, 2.24) is 14.9 Å². The van der Waals surface area contributed by atoms with Crippen molar-refractivity contribution in [2.24, 2.45) is 10.3 Å². The quantitative estimate of drug-likeness (QED) is 0.319. The fourth-order valence-corrected chi connectivity index (χ4v) is 5.20. The van der Waals surface area contributed by atoms with Gasteiger partial charge in [-0.25, -0.2) is 32.1 Å². The first-order chi connectivity index (χ1) is 16.0. The summed E-state index contributed by atoms with van der Waals surface area (Å²) in [5, 5.41) is 13.8. The molecule has 0 saturated heterocycles. The Balaban J connectivity index is 1.62. The van der Waals surface area contributed by atoms with E-state index in [2.05, 4.69) is 17.2 Å². The van der Waals surface area contributed by atoms with E-state index in [4.69, 9.17) is 10.3 Å². The fraction of sp³-hybridized carbons (Fsp3) is 0.333. The molecule has 0 fully saturated rings. The number of hydrogen-bond donors (Lipinski definition) is 3. The van der Waals surface area contributed by atoms with Gasteiger partial charge in [-0.3, -0.25) is 4.79 Å². The third-order valence-corrected chi connectivity index (χ3v) is 7.89. The van der Waals surface area contributed by atoms with E-state index >= 15 is 0 Å². The van der Waals surface area contributed by atoms with E-state index in [-0.39, 0.29) is 21.5 Å². The predicted molar refractivity (Wildman–Crippen MR) is 131 cm³/mol. The van der Waals surface area contributed by atoms with Gasteiger partial charge in [0.2, 0.25) is 26.0 Å². The van der Waals surface area contributed by atoms with E-state index in [1.807, 2.05) is 4.57 Å². The van der Waals surface area contributed by atoms with Gasteiger partial charge in [0.25, 0.3) is 0 Å². The number of imidazole rings is 1. The van der Waals surface area contributed by atoms with Crippen molar-refractivity contribution < 1.29 is 21.6 Å². The van der Waals surface area contributed by atoms with Crippen LogP contribution in [0.3, 0.4) is 0 Å². The normalized spacial score (nSPS) is 12.2. The number of nitrogens with zero attached hydrogens (tertiary/aromatic N) is 2. The van der Waals surface area contributed by atoms with Crippen LogP contribution >= 0.6 is 11.8 Å². The molecule has 0 spiro atoms. The van der Waals surface area contributed by atoms with Crippen LogP contribution in [0.1, 0.15) is 25.3 Å². The van der Waals surface area contributed by atoms with Gasteiger partial charge in [-0.1, -0.05) is 37.2 Å². The molecular weight excluding hydrogens is 498 g/mol. The number of unbranched alkanes of at least 4 members (excludes halogenated alkanes) is 1. The number of primary sulfonamides is 2. The molecule has 3 rings (SSSR count). The molecule has 0 bridgehead atoms. The lowest BCUT2D eigenvalue weighted by Gasteiger charge is -2.09. The number of carbonyl (C=O) groups excluding carboxylic acids is 1. The highest BCUT2D eigenvalue weighted by atomic mass is 32.2. The summed E-state index contributed by atoms with van der Waals surface area (Å²) in [4.78, 5) is 16.9. The van der Waals surface area contributed by atoms with Crippen molar-refractivity contribution in [1.29, 1.82) is 0 Å². The van der Waals surface area contributed by atoms with E-state index < -0.39 is 20.0 Å². The number of aromatic nitrogens is 2. The van der Waals surface area contributed by atoms with Gasteiger partial charge in [0, 0.05) is 13.1 Å². The number of carbonyl (C=O) groups is 1. The second-order valence-electron chi connectivity index (χ2n) is 7.67. The number of thioether (sulfide) groups is 1. The SMILES string of the molecule is CCCCn1c(SCC(=O)NCCc2ccc(S(N)(=O)=O)cc2)nc2cc(S(N)(=O)=O)ccc21. The van der Waals surface area contributed by atoms with E-state index in [0.717, 1.165) is 23.9 Å². The molecule has 0 radical (unpaired) electrons. The Hall–Kier alpha value is -2.45. The van der Waals surface area contributed by atoms with Gasteiger partial charge >= 0.3 is 0 Å². The maximum atomic E-state index is 12.4. The zero-order valence-corrected chi connectivity index (χ0v) is 21.0. The molecule has 0 saturated carbocycles. The highest BCUT2D eigenvalue weighted by molar-refractivity contribution is 7.99. The Morgan fingerprint density at radius 1 is 1.03 bits per heavy atom. The largest absolute Gasteiger partial charge is 0.355 e. The van der Waals surface area contributed by atoms with Crippen molar-refractivity contribution in [3.63, 3.8) is 0 Å². The fourth-order valence-electron chi connectivity index (χ4n) is 3.28. The number of aryl methyl sites for hydroxylation is 1. The second-order valence-corrected chi connectivity index (χ2v) is 11.7. The topological polar surface area (TPSA) is 167 Å². The maximum Gasteiger partial charge on any atom is 0.238 e. The number of sulfonamides is 2. The van der Waals surface area contributed by atoms with E-state index in [0.29, 0.717) is 30.2 Å². The van der Waals surface area contributed by atoms with Crippen LogP contribution in [0.15, 0.2) is 57.4 Å². The molecule has 0 unspecified atom stereocenters. The summed E-state index contributed by atoms with van der Waals surface area (Å²) < 4.78 is 48.0. The number of nitrogens with one attached hydrogen (secondary N) is 1. The highest BCUT2D eigenvalue weighted by Crippen LogP contribution is 2.26. The van der Waals surface area contributed by atoms with Crippen LogP contribution in [-0.2, 0) is 37.8 Å². The number of fused-ring (bicyclic) bond motifs is 1. The van der Waals surface area contributed by atoms with Crippen molar-refractivity contribution in [2.45, 2.75) is 47.7 Å². The van der Waals surface area contributed by atoms with Gasteiger partial charge in [-0.05, 0) is 48.7 Å². The Morgan fingerprint density at radius 3 is 2.29 bits per heavy atom. The number of nitrogens with two attached hydrogens (primary N) is 2. The van der Waals surface area contributed by atoms with Crippen molar-refractivity contribution in [2.75, 3.05) is 12.3 Å². The van der Waals surface area contributed by atoms with Crippen LogP contribution in [0.4, 0.5) is 0 Å². The summed E-state index contributed by atoms with van der Waals surface area (Å²) in [7, 11) is -7.57. The molecule has 1 heterocycles. The van der Waals surface area contributed by atoms with E-state index in [1.165, 1.54) is 36.0 Å². The molecule has 0 aliphatic carbocycles. The van der Waals surface area contributed by atoms with Gasteiger partial charge in [-0.2, -0.15) is 0 Å². The number of amides is 1. The average molecular weight is 526 g/mol. The number of hydrogen-bond acceptors (Lipinski definition) is 7. The molecule has 0 aliphatic heterocycles. The molecule has 2 aromatic carbocycles. The smallest absolute Gasteiger partial charge is 0.238 e. The van der Waals surface area contributed by atoms with E-state index in [1.54, 1.807) is 18.2 Å². The predicted octanol–water partition coefficient (Wildman–Crippen LogP) is 1.58. The summed E-state index contributed by atoms with van der Waals surface area (Å²) in [6.45, 7) is 3.15. The molecular formula is C21H27N5O5S3. The highest BCUT2D eigenvalue weighted by Gasteiger charge is 2.16. The third kappa shape index (κ3) is 6.79. The van der Waals surface area contributed by atoms with Crippen LogP contribution in [-0.4, -0.2) is 44.6 Å². The van der Waals surface area contributed by atoms with Gasteiger partial charge in [0.1, 0.15) is 0 Å². The lowest BCUT2D eigenvalue weighted by Crippen LogP contribution is -2.27. The molecule has 10 nitrogen and oxygen atoms in total. The van der Waals surface area contributed by atoms with Crippen LogP contribution in [0.5, 0.6) is 0 Å². The van der Waals surface area contributed by atoms with Crippen molar-refractivity contribution >= 4 is 48.7 Å². The number of rotatable bonds is 11. The Kier molecular flexibility index (Phi) is 8.36. The van der Waals surface area contributed by atoms with Crippen LogP contribution in [0.25, 0.3) is 11.0 Å². The van der Waals surface area contributed by atoms with Gasteiger partial charge < -0.3 is 9.88 Å². The molecule has 184 valence electrons. The number of benzene rings is 2. The summed E-state index contributed by atoms with van der Waals surface area (Å²) >= 11 is 1.27. The standard InChI is InChI=1S/C21H27N5O5S3/c1-2-3-12-26-19-9-8-17(34(23,30)31)13-18(19)25-21(26)32-14-20(27)24-11-10-15-4-6-16(7-5-15)33(22,28)29/h4-9,13H,2-3,10-12,14H2,1H3,(H,24,27)(H2,22,28,29)(H2,23,30,31). The lowest BCUT2D eigenvalue weighted by molar-refractivity contribution is -0.118. The molecule has 5 N–H and O–H groups in total. The van der Waals surface area contributed by atoms with Crippen molar-refractivity contribution in [3.8, 4) is 0 Å². The summed E-state index contributed by atoms with van der Waals surface area (Å²) in [6.07, 6.45) is 2.41. The Labute approximate surface area is 203 Å². The minimum absolute atomic E-state index is 0.00784. The second kappa shape index (κ2) is 10.9. The molecule has 3 aromatic rings. The summed E-state index contributed by atoms with van der Waals surface area (Å²) in [5.41, 5.74) is 2.16. The molecule has 0 aliphatic rings. The summed E-state index contributed by atoms with van der Waals surface area (Å²) in [6, 6.07) is 10.8. The lowest BCUT2D eigenvalue weighted by atomic mass is 10.1. The third-order valence-electron chi connectivity index (χ3n) is 5.07.